The monoisotopic (exact) mass is 440 g/mol. The van der Waals surface area contributed by atoms with E-state index in [1.807, 2.05) is 25.2 Å². The lowest BCUT2D eigenvalue weighted by Gasteiger charge is -2.35. The lowest BCUT2D eigenvalue weighted by atomic mass is 9.80. The Labute approximate surface area is 187 Å². The first-order valence-corrected chi connectivity index (χ1v) is 11.1. The van der Waals surface area contributed by atoms with Gasteiger partial charge < -0.3 is 20.1 Å². The van der Waals surface area contributed by atoms with Crippen molar-refractivity contribution in [3.8, 4) is 0 Å². The number of amides is 1. The average molecular weight is 441 g/mol. The highest BCUT2D eigenvalue weighted by Gasteiger charge is 2.52. The van der Waals surface area contributed by atoms with Crippen LogP contribution in [0.1, 0.15) is 49.5 Å². The molecule has 4 atom stereocenters. The van der Waals surface area contributed by atoms with Crippen LogP contribution in [0.5, 0.6) is 0 Å². The summed E-state index contributed by atoms with van der Waals surface area (Å²) in [4.78, 5) is 37.7. The second-order valence-electron chi connectivity index (χ2n) is 9.12. The fourth-order valence-corrected chi connectivity index (χ4v) is 5.32. The molecule has 1 saturated carbocycles. The number of benzene rings is 1. The molecule has 9 nitrogen and oxygen atoms in total. The maximum atomic E-state index is 13.4. The maximum Gasteiger partial charge on any atom is 0.343 e. The summed E-state index contributed by atoms with van der Waals surface area (Å²) in [7, 11) is 1.88. The summed E-state index contributed by atoms with van der Waals surface area (Å²) in [5.41, 5.74) is 4.59. The van der Waals surface area contributed by atoms with Crippen molar-refractivity contribution >= 4 is 11.9 Å². The standard InChI is InChI=1S/C23H29N5O4/c1-28(19(20(24)29)21-26-14-25-15-27-21)12-11-18(13-28)32-22(30)23(31,17-9-5-6-10-17)16-7-3-2-4-8-16/h2-4,7-8,14-15,17-19,31H,5-6,9-13H2,1H3,(H-,24,29)/p+1/t18-,19?,23?,28?/m1/s1. The number of quaternary nitrogens is 1. The molecule has 2 heterocycles. The van der Waals surface area contributed by atoms with Gasteiger partial charge in [0.15, 0.2) is 17.5 Å². The summed E-state index contributed by atoms with van der Waals surface area (Å²) in [6.45, 7) is 0.936. The van der Waals surface area contributed by atoms with Crippen molar-refractivity contribution in [2.75, 3.05) is 20.1 Å². The summed E-state index contributed by atoms with van der Waals surface area (Å²) in [5.74, 6) is -1.04. The third-order valence-electron chi connectivity index (χ3n) is 6.98. The third-order valence-corrected chi connectivity index (χ3v) is 6.98. The highest BCUT2D eigenvalue weighted by molar-refractivity contribution is 5.82. The summed E-state index contributed by atoms with van der Waals surface area (Å²) in [6, 6.07) is 8.27. The molecule has 3 N–H and O–H groups in total. The summed E-state index contributed by atoms with van der Waals surface area (Å²) in [5, 5.41) is 11.6. The van der Waals surface area contributed by atoms with E-state index in [0.717, 1.165) is 25.7 Å². The van der Waals surface area contributed by atoms with E-state index in [1.54, 1.807) is 12.1 Å². The summed E-state index contributed by atoms with van der Waals surface area (Å²) >= 11 is 0. The van der Waals surface area contributed by atoms with Crippen LogP contribution in [-0.4, -0.2) is 62.7 Å². The van der Waals surface area contributed by atoms with Crippen LogP contribution >= 0.6 is 0 Å². The molecule has 2 fully saturated rings. The first kappa shape index (κ1) is 22.3. The van der Waals surface area contributed by atoms with Crippen molar-refractivity contribution in [1.82, 2.24) is 15.0 Å². The van der Waals surface area contributed by atoms with Gasteiger partial charge in [-0.3, -0.25) is 4.79 Å². The number of primary amides is 1. The number of rotatable bonds is 7. The molecule has 1 aliphatic carbocycles. The number of aliphatic hydroxyl groups is 1. The van der Waals surface area contributed by atoms with Crippen molar-refractivity contribution in [3.05, 3.63) is 54.4 Å². The van der Waals surface area contributed by atoms with Gasteiger partial charge in [-0.1, -0.05) is 43.2 Å². The van der Waals surface area contributed by atoms with Gasteiger partial charge in [-0.2, -0.15) is 0 Å². The Balaban J connectivity index is 1.54. The molecular weight excluding hydrogens is 410 g/mol. The minimum absolute atomic E-state index is 0.178. The fraction of sp³-hybridized carbons (Fsp3) is 0.522. The zero-order valence-electron chi connectivity index (χ0n) is 18.3. The van der Waals surface area contributed by atoms with Crippen molar-refractivity contribution in [3.63, 3.8) is 0 Å². The molecule has 1 aliphatic heterocycles. The molecule has 0 bridgehead atoms. The first-order valence-electron chi connectivity index (χ1n) is 11.1. The second-order valence-corrected chi connectivity index (χ2v) is 9.12. The number of hydrogen-bond donors (Lipinski definition) is 2. The lowest BCUT2D eigenvalue weighted by Crippen LogP contribution is -2.52. The maximum absolute atomic E-state index is 13.4. The topological polar surface area (TPSA) is 128 Å². The van der Waals surface area contributed by atoms with E-state index >= 15 is 0 Å². The number of ether oxygens (including phenoxy) is 1. The summed E-state index contributed by atoms with van der Waals surface area (Å²) in [6.07, 6.45) is 6.29. The highest BCUT2D eigenvalue weighted by atomic mass is 16.6. The van der Waals surface area contributed by atoms with E-state index in [-0.39, 0.29) is 10.4 Å². The number of likely N-dealkylation sites (tertiary alicyclic amines) is 1. The zero-order chi connectivity index (χ0) is 22.8. The number of hydrogen-bond acceptors (Lipinski definition) is 7. The lowest BCUT2D eigenvalue weighted by molar-refractivity contribution is -0.920. The molecular formula is C23H30N5O4+. The van der Waals surface area contributed by atoms with Gasteiger partial charge in [0.1, 0.15) is 19.2 Å². The number of likely N-dealkylation sites (N-methyl/N-ethyl adjacent to an activating group) is 1. The number of carbonyl (C=O) groups is 2. The molecule has 2 aromatic rings. The van der Waals surface area contributed by atoms with Crippen LogP contribution in [0.25, 0.3) is 0 Å². The molecule has 1 saturated heterocycles. The van der Waals surface area contributed by atoms with Gasteiger partial charge in [-0.15, -0.1) is 0 Å². The number of nitrogens with zero attached hydrogens (tertiary/aromatic N) is 4. The average Bonchev–Trinajstić information content (AvgIpc) is 3.45. The van der Waals surface area contributed by atoms with Gasteiger partial charge in [0.05, 0.1) is 13.6 Å². The normalized spacial score (nSPS) is 26.4. The van der Waals surface area contributed by atoms with Crippen LogP contribution < -0.4 is 5.73 Å². The van der Waals surface area contributed by atoms with Crippen LogP contribution in [0.2, 0.25) is 0 Å². The second kappa shape index (κ2) is 8.91. The van der Waals surface area contributed by atoms with E-state index in [2.05, 4.69) is 15.0 Å². The Bertz CT molecular complexity index is 953. The van der Waals surface area contributed by atoms with Gasteiger partial charge >= 0.3 is 5.97 Å². The third kappa shape index (κ3) is 4.10. The quantitative estimate of drug-likeness (QED) is 0.490. The van der Waals surface area contributed by atoms with E-state index < -0.39 is 29.6 Å². The van der Waals surface area contributed by atoms with Crippen LogP contribution in [0, 0.1) is 5.92 Å². The predicted octanol–water partition coefficient (Wildman–Crippen LogP) is 1.24. The zero-order valence-corrected chi connectivity index (χ0v) is 18.3. The van der Waals surface area contributed by atoms with Gasteiger partial charge in [0.25, 0.3) is 5.91 Å². The molecule has 2 aliphatic rings. The van der Waals surface area contributed by atoms with Gasteiger partial charge in [-0.25, -0.2) is 19.7 Å². The fourth-order valence-electron chi connectivity index (χ4n) is 5.32. The van der Waals surface area contributed by atoms with Gasteiger partial charge in [0.2, 0.25) is 6.04 Å². The number of carbonyl (C=O) groups excluding carboxylic acids is 2. The van der Waals surface area contributed by atoms with E-state index in [4.69, 9.17) is 10.5 Å². The molecule has 4 rings (SSSR count). The molecule has 32 heavy (non-hydrogen) atoms. The van der Waals surface area contributed by atoms with Gasteiger partial charge in [-0.05, 0) is 18.4 Å². The molecule has 0 radical (unpaired) electrons. The Morgan fingerprint density at radius 3 is 2.44 bits per heavy atom. The Morgan fingerprint density at radius 1 is 1.16 bits per heavy atom. The van der Waals surface area contributed by atoms with Crippen LogP contribution in [-0.2, 0) is 19.9 Å². The van der Waals surface area contributed by atoms with E-state index in [9.17, 15) is 14.7 Å². The molecule has 1 amide bonds. The largest absolute Gasteiger partial charge is 0.454 e. The number of aromatic nitrogens is 3. The van der Waals surface area contributed by atoms with Crippen molar-refractivity contribution in [2.24, 2.45) is 11.7 Å². The highest BCUT2D eigenvalue weighted by Crippen LogP contribution is 2.42. The molecule has 0 spiro atoms. The SMILES string of the molecule is C[N+]1(C(C(N)=O)c2ncncn2)CC[C@@H](OC(=O)C(O)(c2ccccc2)C2CCCC2)C1. The predicted molar refractivity (Wildman–Crippen MR) is 114 cm³/mol. The first-order chi connectivity index (χ1) is 15.3. The molecule has 3 unspecified atom stereocenters. The Hall–Kier alpha value is -2.91. The Morgan fingerprint density at radius 2 is 1.81 bits per heavy atom. The van der Waals surface area contributed by atoms with Crippen LogP contribution in [0.4, 0.5) is 0 Å². The van der Waals surface area contributed by atoms with Crippen LogP contribution in [0.15, 0.2) is 43.0 Å². The van der Waals surface area contributed by atoms with Crippen LogP contribution in [0.3, 0.4) is 0 Å². The van der Waals surface area contributed by atoms with Crippen molar-refractivity contribution in [2.45, 2.75) is 49.9 Å². The molecule has 170 valence electrons. The summed E-state index contributed by atoms with van der Waals surface area (Å²) < 4.78 is 6.12. The number of esters is 1. The molecule has 9 heteroatoms. The smallest absolute Gasteiger partial charge is 0.343 e. The van der Waals surface area contributed by atoms with E-state index in [0.29, 0.717) is 30.9 Å². The Kier molecular flexibility index (Phi) is 6.21. The van der Waals surface area contributed by atoms with Gasteiger partial charge in [0, 0.05) is 12.3 Å². The molecule has 1 aromatic heterocycles. The molecule has 1 aromatic carbocycles. The van der Waals surface area contributed by atoms with E-state index in [1.165, 1.54) is 12.7 Å². The minimum Gasteiger partial charge on any atom is -0.454 e. The number of nitrogens with two attached hydrogens (primary N) is 1. The van der Waals surface area contributed by atoms with Crippen molar-refractivity contribution in [1.29, 1.82) is 0 Å². The minimum atomic E-state index is -1.68. The van der Waals surface area contributed by atoms with Crippen molar-refractivity contribution < 1.29 is 23.9 Å².